The molecule has 2 rings (SSSR count). The van der Waals surface area contributed by atoms with Crippen LogP contribution >= 0.6 is 15.9 Å². The molecule has 0 unspecified atom stereocenters. The molecule has 0 radical (unpaired) electrons. The molecule has 0 aliphatic heterocycles. The number of hydrogen-bond acceptors (Lipinski definition) is 4. The molecular weight excluding hydrogens is 315 g/mol. The Kier molecular flexibility index (Phi) is 3.66. The quantitative estimate of drug-likeness (QED) is 0.808. The number of aromatic nitrogens is 1. The van der Waals surface area contributed by atoms with Crippen molar-refractivity contribution in [3.05, 3.63) is 46.3 Å². The molecule has 98 valence electrons. The third kappa shape index (κ3) is 3.00. The van der Waals surface area contributed by atoms with Crippen LogP contribution in [-0.2, 0) is 0 Å². The highest BCUT2D eigenvalue weighted by atomic mass is 79.9. The van der Waals surface area contributed by atoms with Crippen molar-refractivity contribution >= 4 is 39.0 Å². The molecule has 1 aromatic heterocycles. The maximum atomic E-state index is 13.0. The summed E-state index contributed by atoms with van der Waals surface area (Å²) in [5.74, 6) is -0.771. The molecule has 0 atom stereocenters. The number of primary amides is 1. The zero-order chi connectivity index (χ0) is 14.0. The number of benzene rings is 1. The molecule has 0 saturated carbocycles. The smallest absolute Gasteiger partial charge is 0.252 e. The normalized spacial score (nSPS) is 10.2. The van der Waals surface area contributed by atoms with Gasteiger partial charge in [-0.15, -0.1) is 0 Å². The van der Waals surface area contributed by atoms with Crippen LogP contribution in [0.1, 0.15) is 10.4 Å². The number of anilines is 3. The van der Waals surface area contributed by atoms with Crippen LogP contribution in [0.5, 0.6) is 0 Å². The first-order valence-corrected chi connectivity index (χ1v) is 6.04. The highest BCUT2D eigenvalue weighted by molar-refractivity contribution is 9.10. The Morgan fingerprint density at radius 3 is 2.74 bits per heavy atom. The number of carbonyl (C=O) groups excluding carboxylic acids is 1. The summed E-state index contributed by atoms with van der Waals surface area (Å²) in [7, 11) is 0. The first-order valence-electron chi connectivity index (χ1n) is 5.25. The number of nitrogens with zero attached hydrogens (tertiary/aromatic N) is 1. The number of amides is 1. The van der Waals surface area contributed by atoms with Gasteiger partial charge < -0.3 is 16.8 Å². The second-order valence-corrected chi connectivity index (χ2v) is 4.63. The summed E-state index contributed by atoms with van der Waals surface area (Å²) in [6.45, 7) is 0. The summed E-state index contributed by atoms with van der Waals surface area (Å²) in [5.41, 5.74) is 11.9. The Labute approximate surface area is 116 Å². The summed E-state index contributed by atoms with van der Waals surface area (Å²) >= 11 is 3.21. The van der Waals surface area contributed by atoms with Gasteiger partial charge in [-0.25, -0.2) is 9.37 Å². The molecule has 0 bridgehead atoms. The number of halogens is 2. The summed E-state index contributed by atoms with van der Waals surface area (Å²) in [6, 6.07) is 5.52. The van der Waals surface area contributed by atoms with E-state index in [1.54, 1.807) is 0 Å². The van der Waals surface area contributed by atoms with E-state index in [4.69, 9.17) is 11.5 Å². The first kappa shape index (κ1) is 13.3. The number of hydrogen-bond donors (Lipinski definition) is 3. The summed E-state index contributed by atoms with van der Waals surface area (Å²) in [5, 5.41) is 2.90. The molecule has 7 heteroatoms. The van der Waals surface area contributed by atoms with Gasteiger partial charge in [0.15, 0.2) is 0 Å². The second-order valence-electron chi connectivity index (χ2n) is 3.78. The standard InChI is InChI=1S/C12H10BrFN4O/c13-9-3-6(14)1-2-10(9)18-12-8(11(16)19)4-7(15)5-17-12/h1-5H,15H2,(H2,16,19)(H,17,18). The third-order valence-corrected chi connectivity index (χ3v) is 3.01. The van der Waals surface area contributed by atoms with Gasteiger partial charge in [0.25, 0.3) is 5.91 Å². The molecule has 0 aliphatic carbocycles. The average Bonchev–Trinajstić information content (AvgIpc) is 2.34. The molecule has 5 N–H and O–H groups in total. The van der Waals surface area contributed by atoms with Crippen LogP contribution in [0.3, 0.4) is 0 Å². The Balaban J connectivity index is 2.40. The summed E-state index contributed by atoms with van der Waals surface area (Å²) < 4.78 is 13.5. The lowest BCUT2D eigenvalue weighted by atomic mass is 10.2. The highest BCUT2D eigenvalue weighted by Crippen LogP contribution is 2.27. The lowest BCUT2D eigenvalue weighted by Crippen LogP contribution is -2.15. The van der Waals surface area contributed by atoms with Crippen LogP contribution in [0.2, 0.25) is 0 Å². The van der Waals surface area contributed by atoms with Crippen LogP contribution < -0.4 is 16.8 Å². The number of nitrogen functional groups attached to an aromatic ring is 1. The fraction of sp³-hybridized carbons (Fsp3) is 0. The molecule has 0 fully saturated rings. The van der Waals surface area contributed by atoms with E-state index < -0.39 is 5.91 Å². The van der Waals surface area contributed by atoms with Gasteiger partial charge in [0.05, 0.1) is 23.1 Å². The van der Waals surface area contributed by atoms with Crippen LogP contribution in [-0.4, -0.2) is 10.9 Å². The van der Waals surface area contributed by atoms with Gasteiger partial charge in [0, 0.05) is 4.47 Å². The summed E-state index contributed by atoms with van der Waals surface area (Å²) in [4.78, 5) is 15.3. The van der Waals surface area contributed by atoms with Gasteiger partial charge in [0.1, 0.15) is 11.6 Å². The molecular formula is C12H10BrFN4O. The van der Waals surface area contributed by atoms with Gasteiger partial charge in [-0.3, -0.25) is 4.79 Å². The predicted octanol–water partition coefficient (Wildman–Crippen LogP) is 2.41. The molecule has 1 amide bonds. The molecule has 5 nitrogen and oxygen atoms in total. The molecule has 19 heavy (non-hydrogen) atoms. The maximum Gasteiger partial charge on any atom is 0.252 e. The van der Waals surface area contributed by atoms with Gasteiger partial charge in [-0.2, -0.15) is 0 Å². The van der Waals surface area contributed by atoms with E-state index >= 15 is 0 Å². The Bertz CT molecular complexity index is 648. The maximum absolute atomic E-state index is 13.0. The van der Waals surface area contributed by atoms with Crippen molar-refractivity contribution in [2.75, 3.05) is 11.1 Å². The van der Waals surface area contributed by atoms with Gasteiger partial charge in [-0.1, -0.05) is 0 Å². The predicted molar refractivity (Wildman–Crippen MR) is 74.5 cm³/mol. The fourth-order valence-electron chi connectivity index (χ4n) is 1.49. The summed E-state index contributed by atoms with van der Waals surface area (Å²) in [6.07, 6.45) is 1.40. The lowest BCUT2D eigenvalue weighted by molar-refractivity contribution is 0.100. The number of rotatable bonds is 3. The van der Waals surface area contributed by atoms with Crippen molar-refractivity contribution in [3.8, 4) is 0 Å². The molecule has 2 aromatic rings. The van der Waals surface area contributed by atoms with E-state index in [-0.39, 0.29) is 17.2 Å². The number of nitrogens with one attached hydrogen (secondary N) is 1. The van der Waals surface area contributed by atoms with Crippen molar-refractivity contribution in [3.63, 3.8) is 0 Å². The number of nitrogens with two attached hydrogens (primary N) is 2. The molecule has 0 aliphatic rings. The van der Waals surface area contributed by atoms with Crippen molar-refractivity contribution in [2.45, 2.75) is 0 Å². The third-order valence-electron chi connectivity index (χ3n) is 2.36. The Morgan fingerprint density at radius 2 is 2.11 bits per heavy atom. The van der Waals surface area contributed by atoms with Crippen LogP contribution in [0.15, 0.2) is 34.9 Å². The molecule has 0 spiro atoms. The van der Waals surface area contributed by atoms with E-state index in [9.17, 15) is 9.18 Å². The van der Waals surface area contributed by atoms with Gasteiger partial charge >= 0.3 is 0 Å². The van der Waals surface area contributed by atoms with Crippen LogP contribution in [0.4, 0.5) is 21.6 Å². The molecule has 1 aromatic carbocycles. The first-order chi connectivity index (χ1) is 8.97. The fourth-order valence-corrected chi connectivity index (χ4v) is 1.94. The Hall–Kier alpha value is -2.15. The molecule has 0 saturated heterocycles. The minimum Gasteiger partial charge on any atom is -0.397 e. The Morgan fingerprint density at radius 1 is 1.37 bits per heavy atom. The van der Waals surface area contributed by atoms with Crippen molar-refractivity contribution in [1.82, 2.24) is 4.98 Å². The van der Waals surface area contributed by atoms with Crippen molar-refractivity contribution in [1.29, 1.82) is 0 Å². The average molecular weight is 325 g/mol. The second kappa shape index (κ2) is 5.23. The van der Waals surface area contributed by atoms with E-state index in [1.165, 1.54) is 30.5 Å². The van der Waals surface area contributed by atoms with Crippen molar-refractivity contribution in [2.24, 2.45) is 5.73 Å². The lowest BCUT2D eigenvalue weighted by Gasteiger charge is -2.11. The number of pyridine rings is 1. The highest BCUT2D eigenvalue weighted by Gasteiger charge is 2.12. The number of carbonyl (C=O) groups is 1. The monoisotopic (exact) mass is 324 g/mol. The van der Waals surface area contributed by atoms with Crippen molar-refractivity contribution < 1.29 is 9.18 Å². The van der Waals surface area contributed by atoms with Crippen LogP contribution in [0, 0.1) is 5.82 Å². The van der Waals surface area contributed by atoms with Gasteiger partial charge in [-0.05, 0) is 40.2 Å². The van der Waals surface area contributed by atoms with E-state index in [2.05, 4.69) is 26.2 Å². The zero-order valence-corrected chi connectivity index (χ0v) is 11.2. The van der Waals surface area contributed by atoms with Crippen LogP contribution in [0.25, 0.3) is 0 Å². The van der Waals surface area contributed by atoms with E-state index in [1.807, 2.05) is 0 Å². The SMILES string of the molecule is NC(=O)c1cc(N)cnc1Nc1ccc(F)cc1Br. The zero-order valence-electron chi connectivity index (χ0n) is 9.65. The molecule has 1 heterocycles. The largest absolute Gasteiger partial charge is 0.397 e. The topological polar surface area (TPSA) is 94.0 Å². The minimum absolute atomic E-state index is 0.163. The van der Waals surface area contributed by atoms with Gasteiger partial charge in [0.2, 0.25) is 0 Å². The minimum atomic E-state index is -0.652. The van der Waals surface area contributed by atoms with E-state index in [0.717, 1.165) is 0 Å². The van der Waals surface area contributed by atoms with E-state index in [0.29, 0.717) is 15.8 Å².